The molecule has 1 aliphatic heterocycles. The summed E-state index contributed by atoms with van der Waals surface area (Å²) < 4.78 is 0. The number of likely N-dealkylation sites (tertiary alicyclic amines) is 1. The largest absolute Gasteiger partial charge is 0.481 e. The molecule has 1 atom stereocenters. The van der Waals surface area contributed by atoms with Crippen LogP contribution in [-0.2, 0) is 4.79 Å². The summed E-state index contributed by atoms with van der Waals surface area (Å²) in [4.78, 5) is 41.3. The van der Waals surface area contributed by atoms with E-state index in [0.717, 1.165) is 6.20 Å². The molecular weight excluding hydrogens is 238 g/mol. The fourth-order valence-electron chi connectivity index (χ4n) is 1.98. The molecule has 1 aliphatic rings. The van der Waals surface area contributed by atoms with Gasteiger partial charge < -0.3 is 15.0 Å². The van der Waals surface area contributed by atoms with Crippen LogP contribution in [0.2, 0.25) is 0 Å². The summed E-state index contributed by atoms with van der Waals surface area (Å²) in [6.07, 6.45) is 3.52. The SMILES string of the molecule is O=C(O)C1CCCN(C(=O)c2c[nH]c(=O)cn2)C1. The molecule has 1 fully saturated rings. The van der Waals surface area contributed by atoms with Crippen molar-refractivity contribution in [3.8, 4) is 0 Å². The molecule has 2 rings (SSSR count). The van der Waals surface area contributed by atoms with Gasteiger partial charge in [0.05, 0.1) is 12.1 Å². The molecule has 0 bridgehead atoms. The van der Waals surface area contributed by atoms with E-state index in [1.165, 1.54) is 11.1 Å². The van der Waals surface area contributed by atoms with E-state index in [9.17, 15) is 14.4 Å². The first-order valence-corrected chi connectivity index (χ1v) is 5.65. The third-order valence-corrected chi connectivity index (χ3v) is 2.95. The fraction of sp³-hybridized carbons (Fsp3) is 0.455. The molecule has 0 spiro atoms. The molecule has 1 aromatic heterocycles. The van der Waals surface area contributed by atoms with Crippen LogP contribution >= 0.6 is 0 Å². The van der Waals surface area contributed by atoms with E-state index in [-0.39, 0.29) is 23.7 Å². The summed E-state index contributed by atoms with van der Waals surface area (Å²) >= 11 is 0. The smallest absolute Gasteiger partial charge is 0.308 e. The highest BCUT2D eigenvalue weighted by Crippen LogP contribution is 2.17. The minimum atomic E-state index is -0.887. The molecule has 1 saturated heterocycles. The molecule has 2 heterocycles. The summed E-state index contributed by atoms with van der Waals surface area (Å²) in [5.41, 5.74) is -0.255. The third kappa shape index (κ3) is 2.55. The Morgan fingerprint density at radius 3 is 2.89 bits per heavy atom. The highest BCUT2D eigenvalue weighted by atomic mass is 16.4. The van der Waals surface area contributed by atoms with Crippen LogP contribution in [0.3, 0.4) is 0 Å². The molecule has 7 nitrogen and oxygen atoms in total. The maximum Gasteiger partial charge on any atom is 0.308 e. The van der Waals surface area contributed by atoms with Crippen molar-refractivity contribution in [3.63, 3.8) is 0 Å². The van der Waals surface area contributed by atoms with E-state index in [2.05, 4.69) is 9.97 Å². The lowest BCUT2D eigenvalue weighted by molar-refractivity contribution is -0.143. The van der Waals surface area contributed by atoms with Crippen LogP contribution in [0.1, 0.15) is 23.3 Å². The summed E-state index contributed by atoms with van der Waals surface area (Å²) in [6, 6.07) is 0. The Bertz CT molecular complexity index is 505. The standard InChI is InChI=1S/C11H13N3O4/c15-9-5-12-8(4-13-9)10(16)14-3-1-2-7(6-14)11(17)18/h4-5,7H,1-3,6H2,(H,13,15)(H,17,18). The molecule has 0 aromatic carbocycles. The van der Waals surface area contributed by atoms with Crippen molar-refractivity contribution in [1.29, 1.82) is 0 Å². The minimum absolute atomic E-state index is 0.126. The number of carbonyl (C=O) groups is 2. The number of aromatic nitrogens is 2. The Balaban J connectivity index is 2.11. The van der Waals surface area contributed by atoms with Gasteiger partial charge in [-0.3, -0.25) is 14.4 Å². The molecule has 0 saturated carbocycles. The van der Waals surface area contributed by atoms with Crippen LogP contribution in [-0.4, -0.2) is 44.9 Å². The van der Waals surface area contributed by atoms with Gasteiger partial charge in [-0.2, -0.15) is 0 Å². The van der Waals surface area contributed by atoms with Crippen molar-refractivity contribution >= 4 is 11.9 Å². The molecule has 0 radical (unpaired) electrons. The summed E-state index contributed by atoms with van der Waals surface area (Å²) in [5.74, 6) is -1.76. The van der Waals surface area contributed by atoms with E-state index in [1.54, 1.807) is 0 Å². The maximum absolute atomic E-state index is 12.0. The van der Waals surface area contributed by atoms with Crippen molar-refractivity contribution in [1.82, 2.24) is 14.9 Å². The Morgan fingerprint density at radius 2 is 2.28 bits per heavy atom. The second-order valence-electron chi connectivity index (χ2n) is 4.22. The van der Waals surface area contributed by atoms with Crippen molar-refractivity contribution < 1.29 is 14.7 Å². The van der Waals surface area contributed by atoms with Gasteiger partial charge in [0.15, 0.2) is 0 Å². The van der Waals surface area contributed by atoms with Gasteiger partial charge in [0.2, 0.25) is 0 Å². The molecule has 2 N–H and O–H groups in total. The Morgan fingerprint density at radius 1 is 1.50 bits per heavy atom. The molecule has 0 aliphatic carbocycles. The number of nitrogens with one attached hydrogen (secondary N) is 1. The summed E-state index contributed by atoms with van der Waals surface area (Å²) in [5, 5.41) is 8.94. The zero-order valence-electron chi connectivity index (χ0n) is 9.63. The summed E-state index contributed by atoms with van der Waals surface area (Å²) in [6.45, 7) is 0.707. The number of hydrogen-bond acceptors (Lipinski definition) is 4. The lowest BCUT2D eigenvalue weighted by atomic mass is 9.98. The zero-order valence-corrected chi connectivity index (χ0v) is 9.63. The van der Waals surface area contributed by atoms with Gasteiger partial charge in [-0.05, 0) is 12.8 Å². The molecule has 1 amide bonds. The second kappa shape index (κ2) is 4.99. The quantitative estimate of drug-likeness (QED) is 0.751. The van der Waals surface area contributed by atoms with Crippen molar-refractivity contribution in [2.24, 2.45) is 5.92 Å². The normalized spacial score (nSPS) is 19.6. The lowest BCUT2D eigenvalue weighted by Crippen LogP contribution is -2.42. The first-order valence-electron chi connectivity index (χ1n) is 5.65. The maximum atomic E-state index is 12.0. The van der Waals surface area contributed by atoms with E-state index >= 15 is 0 Å². The number of aliphatic carboxylic acids is 1. The highest BCUT2D eigenvalue weighted by Gasteiger charge is 2.29. The zero-order chi connectivity index (χ0) is 13.1. The molecule has 18 heavy (non-hydrogen) atoms. The third-order valence-electron chi connectivity index (χ3n) is 2.95. The Hall–Kier alpha value is -2.18. The topological polar surface area (TPSA) is 103 Å². The average Bonchev–Trinajstić information content (AvgIpc) is 2.39. The first kappa shape index (κ1) is 12.3. The molecule has 1 aromatic rings. The van der Waals surface area contributed by atoms with Crippen molar-refractivity contribution in [2.75, 3.05) is 13.1 Å². The minimum Gasteiger partial charge on any atom is -0.481 e. The van der Waals surface area contributed by atoms with E-state index in [1.807, 2.05) is 0 Å². The number of hydrogen-bond donors (Lipinski definition) is 2. The highest BCUT2D eigenvalue weighted by molar-refractivity contribution is 5.92. The number of carbonyl (C=O) groups excluding carboxylic acids is 1. The van der Waals surface area contributed by atoms with Gasteiger partial charge in [-0.1, -0.05) is 0 Å². The van der Waals surface area contributed by atoms with Crippen LogP contribution in [0.15, 0.2) is 17.2 Å². The van der Waals surface area contributed by atoms with Crippen molar-refractivity contribution in [2.45, 2.75) is 12.8 Å². The van der Waals surface area contributed by atoms with Crippen molar-refractivity contribution in [3.05, 3.63) is 28.4 Å². The van der Waals surface area contributed by atoms with Gasteiger partial charge >= 0.3 is 5.97 Å². The lowest BCUT2D eigenvalue weighted by Gasteiger charge is -2.30. The number of nitrogens with zero attached hydrogens (tertiary/aromatic N) is 2. The van der Waals surface area contributed by atoms with Crippen LogP contribution in [0.25, 0.3) is 0 Å². The van der Waals surface area contributed by atoms with E-state index in [4.69, 9.17) is 5.11 Å². The number of carboxylic acids is 1. The second-order valence-corrected chi connectivity index (χ2v) is 4.22. The Labute approximate surface area is 102 Å². The number of aromatic amines is 1. The van der Waals surface area contributed by atoms with Gasteiger partial charge in [0.25, 0.3) is 11.5 Å². The van der Waals surface area contributed by atoms with Crippen LogP contribution < -0.4 is 5.56 Å². The van der Waals surface area contributed by atoms with Gasteiger partial charge in [-0.25, -0.2) is 4.98 Å². The molecule has 7 heteroatoms. The number of rotatable bonds is 2. The predicted molar refractivity (Wildman–Crippen MR) is 61.1 cm³/mol. The molecular formula is C11H13N3O4. The molecule has 1 unspecified atom stereocenters. The van der Waals surface area contributed by atoms with Crippen LogP contribution in [0.5, 0.6) is 0 Å². The molecule has 96 valence electrons. The van der Waals surface area contributed by atoms with Crippen LogP contribution in [0.4, 0.5) is 0 Å². The number of amides is 1. The number of H-pyrrole nitrogens is 1. The van der Waals surface area contributed by atoms with Gasteiger partial charge in [-0.15, -0.1) is 0 Å². The van der Waals surface area contributed by atoms with Gasteiger partial charge in [0.1, 0.15) is 5.69 Å². The first-order chi connectivity index (χ1) is 8.58. The van der Waals surface area contributed by atoms with Crippen LogP contribution in [0, 0.1) is 5.92 Å². The van der Waals surface area contributed by atoms with E-state index in [0.29, 0.717) is 19.4 Å². The van der Waals surface area contributed by atoms with Gasteiger partial charge in [0, 0.05) is 19.3 Å². The Kier molecular flexibility index (Phi) is 3.40. The number of carboxylic acid groups (broad SMARTS) is 1. The average molecular weight is 251 g/mol. The monoisotopic (exact) mass is 251 g/mol. The fourth-order valence-corrected chi connectivity index (χ4v) is 1.98. The number of piperidine rings is 1. The van der Waals surface area contributed by atoms with E-state index < -0.39 is 11.9 Å². The predicted octanol–water partition coefficient (Wildman–Crippen LogP) is -0.293. The summed E-state index contributed by atoms with van der Waals surface area (Å²) in [7, 11) is 0.